The second kappa shape index (κ2) is 7.81. The number of carbonyl (C=O) groups excluding carboxylic acids is 1. The molecule has 1 aromatic carbocycles. The number of aryl methyl sites for hydroxylation is 1. The fourth-order valence-electron chi connectivity index (χ4n) is 1.85. The highest BCUT2D eigenvalue weighted by atomic mass is 32.1. The number of carbonyl (C=O) groups is 1. The number of hydrogen-bond donors (Lipinski definition) is 2. The fourth-order valence-corrected chi connectivity index (χ4v) is 2.62. The summed E-state index contributed by atoms with van der Waals surface area (Å²) >= 11 is 1.29. The highest BCUT2D eigenvalue weighted by Gasteiger charge is 2.28. The SMILES string of the molecule is Cc1csc(/C(C#N)=C/Nc2ccccc2C(=O)NCC(F)(F)F)n1. The Hall–Kier alpha value is -2.86. The summed E-state index contributed by atoms with van der Waals surface area (Å²) in [4.78, 5) is 16.1. The largest absolute Gasteiger partial charge is 0.405 e. The Labute approximate surface area is 145 Å². The Kier molecular flexibility index (Phi) is 5.77. The minimum absolute atomic E-state index is 0.0376. The number of thiazole rings is 1. The van der Waals surface area contributed by atoms with Gasteiger partial charge < -0.3 is 10.6 Å². The molecule has 0 radical (unpaired) electrons. The van der Waals surface area contributed by atoms with Crippen molar-refractivity contribution in [3.05, 3.63) is 52.1 Å². The van der Waals surface area contributed by atoms with Crippen LogP contribution in [0.2, 0.25) is 0 Å². The van der Waals surface area contributed by atoms with Gasteiger partial charge in [-0.05, 0) is 19.1 Å². The van der Waals surface area contributed by atoms with Crippen molar-refractivity contribution in [3.8, 4) is 6.07 Å². The van der Waals surface area contributed by atoms with E-state index in [0.29, 0.717) is 5.01 Å². The first-order valence-electron chi connectivity index (χ1n) is 7.03. The van der Waals surface area contributed by atoms with Crippen LogP contribution in [0.1, 0.15) is 21.1 Å². The van der Waals surface area contributed by atoms with E-state index < -0.39 is 18.6 Å². The third kappa shape index (κ3) is 5.32. The van der Waals surface area contributed by atoms with Gasteiger partial charge in [-0.3, -0.25) is 4.79 Å². The average Bonchev–Trinajstić information content (AvgIpc) is 2.99. The number of nitrogens with one attached hydrogen (secondary N) is 2. The van der Waals surface area contributed by atoms with Crippen LogP contribution >= 0.6 is 11.3 Å². The van der Waals surface area contributed by atoms with Crippen LogP contribution in [0.5, 0.6) is 0 Å². The number of nitriles is 1. The first-order valence-corrected chi connectivity index (χ1v) is 7.91. The Morgan fingerprint density at radius 2 is 2.12 bits per heavy atom. The van der Waals surface area contributed by atoms with Gasteiger partial charge >= 0.3 is 6.18 Å². The zero-order chi connectivity index (χ0) is 18.4. The molecule has 130 valence electrons. The Balaban J connectivity index is 2.19. The Morgan fingerprint density at radius 3 is 2.72 bits per heavy atom. The van der Waals surface area contributed by atoms with Crippen LogP contribution in [0.15, 0.2) is 35.8 Å². The lowest BCUT2D eigenvalue weighted by Crippen LogP contribution is -2.34. The van der Waals surface area contributed by atoms with Crippen molar-refractivity contribution < 1.29 is 18.0 Å². The first kappa shape index (κ1) is 18.5. The lowest BCUT2D eigenvalue weighted by atomic mass is 10.1. The number of allylic oxidation sites excluding steroid dienone is 1. The molecule has 2 rings (SSSR count). The zero-order valence-electron chi connectivity index (χ0n) is 13.0. The average molecular weight is 366 g/mol. The van der Waals surface area contributed by atoms with Gasteiger partial charge in [0, 0.05) is 17.3 Å². The van der Waals surface area contributed by atoms with Gasteiger partial charge in [-0.2, -0.15) is 18.4 Å². The van der Waals surface area contributed by atoms with E-state index in [1.807, 2.05) is 11.4 Å². The standard InChI is InChI=1S/C16H13F3N4OS/c1-10-8-25-15(23-10)11(6-20)7-21-13-5-3-2-4-12(13)14(24)22-9-16(17,18)19/h2-5,7-8,21H,9H2,1H3,(H,22,24)/b11-7+. The van der Waals surface area contributed by atoms with Crippen LogP contribution in [0, 0.1) is 18.3 Å². The number of benzene rings is 1. The minimum Gasteiger partial charge on any atom is -0.360 e. The van der Waals surface area contributed by atoms with E-state index in [4.69, 9.17) is 0 Å². The summed E-state index contributed by atoms with van der Waals surface area (Å²) in [5.41, 5.74) is 1.34. The highest BCUT2D eigenvalue weighted by molar-refractivity contribution is 7.10. The van der Waals surface area contributed by atoms with Crippen molar-refractivity contribution >= 4 is 28.5 Å². The predicted octanol–water partition coefficient (Wildman–Crippen LogP) is 3.72. The Bertz CT molecular complexity index is 836. The number of alkyl halides is 3. The number of halogens is 3. The van der Waals surface area contributed by atoms with Gasteiger partial charge in [0.1, 0.15) is 23.2 Å². The van der Waals surface area contributed by atoms with Crippen molar-refractivity contribution in [2.24, 2.45) is 0 Å². The number of hydrogen-bond acceptors (Lipinski definition) is 5. The van der Waals surface area contributed by atoms with Crippen LogP contribution < -0.4 is 10.6 Å². The van der Waals surface area contributed by atoms with Crippen LogP contribution in [0.25, 0.3) is 5.57 Å². The molecule has 0 atom stereocenters. The highest BCUT2D eigenvalue weighted by Crippen LogP contribution is 2.21. The van der Waals surface area contributed by atoms with Crippen LogP contribution in [0.4, 0.5) is 18.9 Å². The molecule has 0 saturated carbocycles. The van der Waals surface area contributed by atoms with Gasteiger partial charge in [-0.1, -0.05) is 12.1 Å². The summed E-state index contributed by atoms with van der Waals surface area (Å²) < 4.78 is 36.7. The molecule has 1 heterocycles. The molecule has 0 fully saturated rings. The van der Waals surface area contributed by atoms with Gasteiger partial charge in [0.25, 0.3) is 5.91 Å². The molecule has 0 saturated heterocycles. The lowest BCUT2D eigenvalue weighted by Gasteiger charge is -2.11. The molecule has 9 heteroatoms. The van der Waals surface area contributed by atoms with E-state index in [1.54, 1.807) is 18.4 Å². The van der Waals surface area contributed by atoms with Crippen LogP contribution in [0.3, 0.4) is 0 Å². The van der Waals surface area contributed by atoms with E-state index >= 15 is 0 Å². The summed E-state index contributed by atoms with van der Waals surface area (Å²) in [7, 11) is 0. The van der Waals surface area contributed by atoms with E-state index in [2.05, 4.69) is 10.3 Å². The normalized spacial score (nSPS) is 11.7. The molecular weight excluding hydrogens is 353 g/mol. The maximum atomic E-state index is 12.2. The van der Waals surface area contributed by atoms with E-state index in [-0.39, 0.29) is 16.8 Å². The van der Waals surface area contributed by atoms with E-state index in [9.17, 15) is 23.2 Å². The number of amides is 1. The second-order valence-electron chi connectivity index (χ2n) is 4.95. The second-order valence-corrected chi connectivity index (χ2v) is 5.81. The topological polar surface area (TPSA) is 77.8 Å². The van der Waals surface area contributed by atoms with Crippen molar-refractivity contribution in [1.82, 2.24) is 10.3 Å². The van der Waals surface area contributed by atoms with Crippen LogP contribution in [-0.4, -0.2) is 23.6 Å². The minimum atomic E-state index is -4.49. The fraction of sp³-hybridized carbons (Fsp3) is 0.188. The van der Waals surface area contributed by atoms with Crippen LogP contribution in [-0.2, 0) is 0 Å². The monoisotopic (exact) mass is 366 g/mol. The van der Waals surface area contributed by atoms with E-state index in [1.165, 1.54) is 35.7 Å². The molecule has 0 spiro atoms. The molecule has 0 bridgehead atoms. The number of para-hydroxylation sites is 1. The van der Waals surface area contributed by atoms with Gasteiger partial charge in [-0.25, -0.2) is 4.98 Å². The lowest BCUT2D eigenvalue weighted by molar-refractivity contribution is -0.123. The van der Waals surface area contributed by atoms with Gasteiger partial charge in [-0.15, -0.1) is 11.3 Å². The zero-order valence-corrected chi connectivity index (χ0v) is 13.8. The smallest absolute Gasteiger partial charge is 0.360 e. The summed E-state index contributed by atoms with van der Waals surface area (Å²) in [6, 6.07) is 8.07. The molecule has 0 unspecified atom stereocenters. The Morgan fingerprint density at radius 1 is 1.40 bits per heavy atom. The van der Waals surface area contributed by atoms with Crippen molar-refractivity contribution in [3.63, 3.8) is 0 Å². The molecule has 5 nitrogen and oxygen atoms in total. The van der Waals surface area contributed by atoms with Gasteiger partial charge in [0.2, 0.25) is 0 Å². The third-order valence-corrected chi connectivity index (χ3v) is 3.96. The third-order valence-electron chi connectivity index (χ3n) is 2.96. The molecule has 2 N–H and O–H groups in total. The molecule has 0 aliphatic heterocycles. The summed E-state index contributed by atoms with van der Waals surface area (Å²) in [5.74, 6) is -0.863. The first-order chi connectivity index (χ1) is 11.8. The molecule has 25 heavy (non-hydrogen) atoms. The van der Waals surface area contributed by atoms with Gasteiger partial charge in [0.05, 0.1) is 11.3 Å². The molecule has 1 aromatic heterocycles. The molecule has 0 aliphatic carbocycles. The summed E-state index contributed by atoms with van der Waals surface area (Å²) in [6.45, 7) is 0.376. The van der Waals surface area contributed by atoms with Crippen molar-refractivity contribution in [2.75, 3.05) is 11.9 Å². The summed E-state index contributed by atoms with van der Waals surface area (Å²) in [5, 5.41) is 16.1. The molecule has 1 amide bonds. The summed E-state index contributed by atoms with van der Waals surface area (Å²) in [6.07, 6.45) is -3.12. The van der Waals surface area contributed by atoms with Crippen molar-refractivity contribution in [2.45, 2.75) is 13.1 Å². The molecular formula is C16H13F3N4OS. The van der Waals surface area contributed by atoms with Crippen molar-refractivity contribution in [1.29, 1.82) is 5.26 Å². The number of rotatable bonds is 5. The van der Waals surface area contributed by atoms with E-state index in [0.717, 1.165) is 5.69 Å². The maximum absolute atomic E-state index is 12.2. The van der Waals surface area contributed by atoms with Gasteiger partial charge in [0.15, 0.2) is 0 Å². The molecule has 2 aromatic rings. The number of nitrogens with zero attached hydrogens (tertiary/aromatic N) is 2. The quantitative estimate of drug-likeness (QED) is 0.791. The number of anilines is 1. The molecule has 0 aliphatic rings. The maximum Gasteiger partial charge on any atom is 0.405 e. The number of aromatic nitrogens is 1. The predicted molar refractivity (Wildman–Crippen MR) is 88.9 cm³/mol.